The number of fused-ring (bicyclic) bond motifs is 1. The molecule has 1 aromatic heterocycles. The minimum absolute atomic E-state index is 0.263. The molecular weight excluding hydrogens is 395 g/mol. The highest BCUT2D eigenvalue weighted by molar-refractivity contribution is 6.04. The van der Waals surface area contributed by atoms with Crippen molar-refractivity contribution in [3.63, 3.8) is 0 Å². The quantitative estimate of drug-likeness (QED) is 0.547. The van der Waals surface area contributed by atoms with Crippen LogP contribution < -0.4 is 10.9 Å². The number of halogens is 3. The lowest BCUT2D eigenvalue weighted by Crippen LogP contribution is -2.22. The highest BCUT2D eigenvalue weighted by atomic mass is 19.1. The van der Waals surface area contributed by atoms with Crippen molar-refractivity contribution >= 4 is 22.5 Å². The van der Waals surface area contributed by atoms with Gasteiger partial charge in [-0.2, -0.15) is 0 Å². The Labute approximate surface area is 168 Å². The Bertz CT molecular complexity index is 1370. The molecule has 0 bridgehead atoms. The third-order valence-corrected chi connectivity index (χ3v) is 4.58. The molecule has 0 unspecified atom stereocenters. The lowest BCUT2D eigenvalue weighted by molar-refractivity contribution is 0.102. The number of hydrogen-bond acceptors (Lipinski definition) is 3. The second-order valence-electron chi connectivity index (χ2n) is 6.56. The first-order valence-electron chi connectivity index (χ1n) is 8.90. The van der Waals surface area contributed by atoms with Crippen molar-refractivity contribution in [2.24, 2.45) is 0 Å². The average Bonchev–Trinajstić information content (AvgIpc) is 2.70. The Morgan fingerprint density at radius 3 is 2.50 bits per heavy atom. The second-order valence-corrected chi connectivity index (χ2v) is 6.56. The fourth-order valence-corrected chi connectivity index (χ4v) is 3.16. The lowest BCUT2D eigenvalue weighted by Gasteiger charge is -2.13. The number of nitrogens with one attached hydrogen (secondary N) is 1. The Kier molecular flexibility index (Phi) is 4.83. The molecule has 5 nitrogen and oxygen atoms in total. The maximum absolute atomic E-state index is 14.3. The molecule has 0 fully saturated rings. The molecule has 0 radical (unpaired) electrons. The molecule has 4 aromatic rings. The van der Waals surface area contributed by atoms with Gasteiger partial charge in [-0.05, 0) is 49.4 Å². The van der Waals surface area contributed by atoms with Gasteiger partial charge in [0.2, 0.25) is 0 Å². The summed E-state index contributed by atoms with van der Waals surface area (Å²) in [5, 5.41) is 2.64. The number of aromatic nitrogens is 2. The van der Waals surface area contributed by atoms with Gasteiger partial charge in [0.05, 0.1) is 27.8 Å². The van der Waals surface area contributed by atoms with Crippen LogP contribution in [0.25, 0.3) is 16.6 Å². The average molecular weight is 409 g/mol. The van der Waals surface area contributed by atoms with E-state index in [1.54, 1.807) is 31.2 Å². The zero-order valence-corrected chi connectivity index (χ0v) is 15.6. The van der Waals surface area contributed by atoms with Crippen molar-refractivity contribution in [1.82, 2.24) is 9.55 Å². The molecule has 150 valence electrons. The normalized spacial score (nSPS) is 10.9. The number of benzene rings is 3. The summed E-state index contributed by atoms with van der Waals surface area (Å²) in [6, 6.07) is 13.0. The number of hydrogen-bond donors (Lipinski definition) is 1. The van der Waals surface area contributed by atoms with E-state index in [4.69, 9.17) is 0 Å². The van der Waals surface area contributed by atoms with Crippen LogP contribution >= 0.6 is 0 Å². The van der Waals surface area contributed by atoms with Gasteiger partial charge in [0.1, 0.15) is 23.3 Å². The molecule has 0 aliphatic rings. The largest absolute Gasteiger partial charge is 0.319 e. The lowest BCUT2D eigenvalue weighted by atomic mass is 10.1. The van der Waals surface area contributed by atoms with Gasteiger partial charge >= 0.3 is 0 Å². The maximum Gasteiger partial charge on any atom is 0.265 e. The van der Waals surface area contributed by atoms with Crippen molar-refractivity contribution in [2.75, 3.05) is 5.32 Å². The molecule has 0 spiro atoms. The van der Waals surface area contributed by atoms with E-state index in [0.717, 1.165) is 18.2 Å². The van der Waals surface area contributed by atoms with Crippen LogP contribution in [-0.4, -0.2) is 15.5 Å². The van der Waals surface area contributed by atoms with E-state index in [1.165, 1.54) is 16.7 Å². The number of anilines is 1. The number of aryl methyl sites for hydroxylation is 1. The standard InChI is InChI=1S/C22H14F3N3O2/c1-12-26-19-5-3-2-4-16(19)22(30)28(12)14-7-9-17(24)20(11-14)27-21(29)15-8-6-13(23)10-18(15)25/h2-11H,1H3,(H,27,29). The highest BCUT2D eigenvalue weighted by Gasteiger charge is 2.16. The number of carbonyl (C=O) groups excluding carboxylic acids is 1. The van der Waals surface area contributed by atoms with Gasteiger partial charge < -0.3 is 5.32 Å². The summed E-state index contributed by atoms with van der Waals surface area (Å²) in [5.41, 5.74) is -0.264. The third kappa shape index (κ3) is 3.43. The second kappa shape index (κ2) is 7.47. The van der Waals surface area contributed by atoms with E-state index >= 15 is 0 Å². The van der Waals surface area contributed by atoms with Gasteiger partial charge in [0.15, 0.2) is 0 Å². The van der Waals surface area contributed by atoms with Crippen molar-refractivity contribution < 1.29 is 18.0 Å². The van der Waals surface area contributed by atoms with Crippen LogP contribution in [0.5, 0.6) is 0 Å². The van der Waals surface area contributed by atoms with Crippen LogP contribution in [0.1, 0.15) is 16.2 Å². The number of rotatable bonds is 3. The molecule has 1 amide bonds. The monoisotopic (exact) mass is 409 g/mol. The summed E-state index contributed by atoms with van der Waals surface area (Å²) in [6.07, 6.45) is 0. The zero-order chi connectivity index (χ0) is 21.4. The maximum atomic E-state index is 14.3. The van der Waals surface area contributed by atoms with E-state index < -0.39 is 28.9 Å². The van der Waals surface area contributed by atoms with E-state index in [1.807, 2.05) is 0 Å². The molecule has 1 N–H and O–H groups in total. The van der Waals surface area contributed by atoms with Gasteiger partial charge in [-0.25, -0.2) is 18.2 Å². The fourth-order valence-electron chi connectivity index (χ4n) is 3.16. The Morgan fingerprint density at radius 2 is 1.73 bits per heavy atom. The molecule has 0 atom stereocenters. The first-order valence-corrected chi connectivity index (χ1v) is 8.90. The van der Waals surface area contributed by atoms with Crippen LogP contribution in [-0.2, 0) is 0 Å². The number of para-hydroxylation sites is 1. The molecule has 0 aliphatic carbocycles. The summed E-state index contributed by atoms with van der Waals surface area (Å²) in [7, 11) is 0. The predicted octanol–water partition coefficient (Wildman–Crippen LogP) is 4.36. The van der Waals surface area contributed by atoms with Crippen molar-refractivity contribution in [3.05, 3.63) is 99.9 Å². The van der Waals surface area contributed by atoms with Gasteiger partial charge in [-0.1, -0.05) is 12.1 Å². The van der Waals surface area contributed by atoms with Gasteiger partial charge in [-0.15, -0.1) is 0 Å². The first kappa shape index (κ1) is 19.4. The minimum Gasteiger partial charge on any atom is -0.319 e. The van der Waals surface area contributed by atoms with E-state index in [9.17, 15) is 22.8 Å². The molecule has 30 heavy (non-hydrogen) atoms. The van der Waals surface area contributed by atoms with Crippen LogP contribution in [0.2, 0.25) is 0 Å². The Hall–Kier alpha value is -3.94. The summed E-state index contributed by atoms with van der Waals surface area (Å²) in [5.74, 6) is -3.28. The molecule has 8 heteroatoms. The molecule has 0 saturated heterocycles. The smallest absolute Gasteiger partial charge is 0.265 e. The fraction of sp³-hybridized carbons (Fsp3) is 0.0455. The predicted molar refractivity (Wildman–Crippen MR) is 106 cm³/mol. The SMILES string of the molecule is Cc1nc2ccccc2c(=O)n1-c1ccc(F)c(NC(=O)c2ccc(F)cc2F)c1. The number of nitrogens with zero attached hydrogens (tertiary/aromatic N) is 2. The third-order valence-electron chi connectivity index (χ3n) is 4.58. The molecule has 0 aliphatic heterocycles. The molecular formula is C22H14F3N3O2. The Morgan fingerprint density at radius 1 is 0.967 bits per heavy atom. The number of amides is 1. The molecule has 0 saturated carbocycles. The molecule has 1 heterocycles. The summed E-state index contributed by atoms with van der Waals surface area (Å²) < 4.78 is 42.5. The molecule has 4 rings (SSSR count). The van der Waals surface area contributed by atoms with E-state index in [-0.39, 0.29) is 16.9 Å². The van der Waals surface area contributed by atoms with Crippen LogP contribution in [0, 0.1) is 24.4 Å². The minimum atomic E-state index is -1.07. The van der Waals surface area contributed by atoms with E-state index in [0.29, 0.717) is 22.8 Å². The first-order chi connectivity index (χ1) is 14.3. The van der Waals surface area contributed by atoms with Crippen LogP contribution in [0.3, 0.4) is 0 Å². The van der Waals surface area contributed by atoms with E-state index in [2.05, 4.69) is 10.3 Å². The summed E-state index contributed by atoms with van der Waals surface area (Å²) >= 11 is 0. The van der Waals surface area contributed by atoms with Crippen molar-refractivity contribution in [1.29, 1.82) is 0 Å². The summed E-state index contributed by atoms with van der Waals surface area (Å²) in [4.78, 5) is 29.6. The Balaban J connectivity index is 1.77. The topological polar surface area (TPSA) is 64.0 Å². The van der Waals surface area contributed by atoms with Crippen molar-refractivity contribution in [2.45, 2.75) is 6.92 Å². The van der Waals surface area contributed by atoms with Gasteiger partial charge in [-0.3, -0.25) is 14.2 Å². The highest BCUT2D eigenvalue weighted by Crippen LogP contribution is 2.21. The zero-order valence-electron chi connectivity index (χ0n) is 15.6. The number of carbonyl (C=O) groups is 1. The summed E-state index contributed by atoms with van der Waals surface area (Å²) in [6.45, 7) is 1.63. The van der Waals surface area contributed by atoms with Gasteiger partial charge in [0, 0.05) is 6.07 Å². The van der Waals surface area contributed by atoms with Crippen LogP contribution in [0.4, 0.5) is 18.9 Å². The van der Waals surface area contributed by atoms with Gasteiger partial charge in [0.25, 0.3) is 11.5 Å². The van der Waals surface area contributed by atoms with Crippen LogP contribution in [0.15, 0.2) is 65.5 Å². The van der Waals surface area contributed by atoms with Crippen molar-refractivity contribution in [3.8, 4) is 5.69 Å². The molecule has 3 aromatic carbocycles.